The van der Waals surface area contributed by atoms with E-state index in [0.717, 1.165) is 5.69 Å². The van der Waals surface area contributed by atoms with Crippen molar-refractivity contribution < 1.29 is 14.8 Å². The fourth-order valence-corrected chi connectivity index (χ4v) is 2.24. The highest BCUT2D eigenvalue weighted by Crippen LogP contribution is 2.20. The fraction of sp³-hybridized carbons (Fsp3) is 0.235. The number of aliphatic hydroxyl groups is 1. The Morgan fingerprint density at radius 2 is 1.92 bits per heavy atom. The molecule has 0 atom stereocenters. The summed E-state index contributed by atoms with van der Waals surface area (Å²) in [7, 11) is 1.86. The maximum atomic E-state index is 12.4. The van der Waals surface area contributed by atoms with Gasteiger partial charge >= 0.3 is 0 Å². The predicted octanol–water partition coefficient (Wildman–Crippen LogP) is 2.58. The Balaban J connectivity index is 2.15. The van der Waals surface area contributed by atoms with Gasteiger partial charge < -0.3 is 15.3 Å². The zero-order valence-electron chi connectivity index (χ0n) is 13.5. The number of aryl methyl sites for hydroxylation is 1. The predicted molar refractivity (Wildman–Crippen MR) is 92.6 cm³/mol. The maximum Gasteiger partial charge on any atom is 0.270 e. The molecule has 0 aliphatic heterocycles. The monoisotopic (exact) mass is 329 g/mol. The molecule has 0 aliphatic carbocycles. The molecule has 7 heteroatoms. The molecule has 0 saturated carbocycles. The van der Waals surface area contributed by atoms with Gasteiger partial charge in [-0.15, -0.1) is 0 Å². The quantitative estimate of drug-likeness (QED) is 0.627. The molecule has 2 aromatic carbocycles. The Morgan fingerprint density at radius 1 is 1.25 bits per heavy atom. The van der Waals surface area contributed by atoms with Crippen molar-refractivity contribution in [3.05, 3.63) is 63.7 Å². The summed E-state index contributed by atoms with van der Waals surface area (Å²) < 4.78 is 0. The number of nitro groups is 1. The van der Waals surface area contributed by atoms with Crippen molar-refractivity contribution >= 4 is 23.0 Å². The highest BCUT2D eigenvalue weighted by molar-refractivity contribution is 6.05. The summed E-state index contributed by atoms with van der Waals surface area (Å²) in [6, 6.07) is 11.3. The van der Waals surface area contributed by atoms with Gasteiger partial charge in [-0.2, -0.15) is 0 Å². The van der Waals surface area contributed by atoms with Crippen molar-refractivity contribution in [2.24, 2.45) is 0 Å². The summed E-state index contributed by atoms with van der Waals surface area (Å²) >= 11 is 0. The molecule has 0 unspecified atom stereocenters. The molecule has 0 heterocycles. The van der Waals surface area contributed by atoms with E-state index in [-0.39, 0.29) is 17.9 Å². The van der Waals surface area contributed by atoms with Gasteiger partial charge in [0.25, 0.3) is 11.6 Å². The van der Waals surface area contributed by atoms with Crippen molar-refractivity contribution in [1.29, 1.82) is 0 Å². The van der Waals surface area contributed by atoms with Crippen LogP contribution in [0.15, 0.2) is 42.5 Å². The zero-order chi connectivity index (χ0) is 17.7. The molecule has 0 spiro atoms. The Bertz CT molecular complexity index is 744. The summed E-state index contributed by atoms with van der Waals surface area (Å²) in [5.74, 6) is -0.396. The van der Waals surface area contributed by atoms with E-state index in [1.165, 1.54) is 12.1 Å². The van der Waals surface area contributed by atoms with Crippen LogP contribution in [0.3, 0.4) is 0 Å². The van der Waals surface area contributed by atoms with Crippen molar-refractivity contribution in [3.63, 3.8) is 0 Å². The first-order valence-corrected chi connectivity index (χ1v) is 7.41. The number of hydrogen-bond acceptors (Lipinski definition) is 5. The fourth-order valence-electron chi connectivity index (χ4n) is 2.24. The van der Waals surface area contributed by atoms with Crippen molar-refractivity contribution in [2.75, 3.05) is 30.4 Å². The lowest BCUT2D eigenvalue weighted by Gasteiger charge is -2.18. The summed E-state index contributed by atoms with van der Waals surface area (Å²) in [6.07, 6.45) is 0. The number of nitrogens with one attached hydrogen (secondary N) is 1. The molecule has 7 nitrogen and oxygen atoms in total. The normalized spacial score (nSPS) is 10.3. The first-order chi connectivity index (χ1) is 11.4. The number of anilines is 2. The third-order valence-corrected chi connectivity index (χ3v) is 3.68. The van der Waals surface area contributed by atoms with Crippen LogP contribution < -0.4 is 10.2 Å². The number of benzene rings is 2. The maximum absolute atomic E-state index is 12.4. The van der Waals surface area contributed by atoms with E-state index in [4.69, 9.17) is 5.11 Å². The minimum absolute atomic E-state index is 0.0566. The van der Waals surface area contributed by atoms with Crippen molar-refractivity contribution in [2.45, 2.75) is 6.92 Å². The summed E-state index contributed by atoms with van der Waals surface area (Å²) in [4.78, 5) is 24.6. The first kappa shape index (κ1) is 17.4. The van der Waals surface area contributed by atoms with E-state index in [2.05, 4.69) is 5.32 Å². The van der Waals surface area contributed by atoms with Crippen LogP contribution in [-0.2, 0) is 0 Å². The van der Waals surface area contributed by atoms with Gasteiger partial charge in [-0.25, -0.2) is 0 Å². The minimum Gasteiger partial charge on any atom is -0.395 e. The molecular weight excluding hydrogens is 310 g/mol. The van der Waals surface area contributed by atoms with Gasteiger partial charge in [0, 0.05) is 42.7 Å². The third-order valence-electron chi connectivity index (χ3n) is 3.68. The minimum atomic E-state index is -0.526. The lowest BCUT2D eigenvalue weighted by atomic mass is 10.1. The number of hydrogen-bond donors (Lipinski definition) is 2. The number of amides is 1. The Hall–Kier alpha value is -2.93. The molecule has 0 aromatic heterocycles. The van der Waals surface area contributed by atoms with Crippen LogP contribution in [0, 0.1) is 17.0 Å². The topological polar surface area (TPSA) is 95.7 Å². The molecule has 24 heavy (non-hydrogen) atoms. The van der Waals surface area contributed by atoms with Crippen molar-refractivity contribution in [1.82, 2.24) is 0 Å². The molecular formula is C17H19N3O4. The smallest absolute Gasteiger partial charge is 0.270 e. The summed E-state index contributed by atoms with van der Waals surface area (Å²) in [6.45, 7) is 2.30. The average Bonchev–Trinajstić information content (AvgIpc) is 2.55. The van der Waals surface area contributed by atoms with Gasteiger partial charge in [-0.1, -0.05) is 6.07 Å². The van der Waals surface area contributed by atoms with E-state index < -0.39 is 10.8 Å². The van der Waals surface area contributed by atoms with Crippen LogP contribution in [0.2, 0.25) is 0 Å². The van der Waals surface area contributed by atoms with E-state index in [1.807, 2.05) is 24.1 Å². The van der Waals surface area contributed by atoms with Crippen LogP contribution in [0.4, 0.5) is 17.1 Å². The second-order valence-electron chi connectivity index (χ2n) is 5.40. The molecule has 0 saturated heterocycles. The van der Waals surface area contributed by atoms with Crippen LogP contribution in [-0.4, -0.2) is 36.1 Å². The average molecular weight is 329 g/mol. The van der Waals surface area contributed by atoms with Gasteiger partial charge in [0.15, 0.2) is 0 Å². The highest BCUT2D eigenvalue weighted by atomic mass is 16.6. The second kappa shape index (κ2) is 7.56. The van der Waals surface area contributed by atoms with E-state index in [9.17, 15) is 14.9 Å². The van der Waals surface area contributed by atoms with Crippen LogP contribution in [0.25, 0.3) is 0 Å². The van der Waals surface area contributed by atoms with Crippen LogP contribution >= 0.6 is 0 Å². The van der Waals surface area contributed by atoms with Crippen molar-refractivity contribution in [3.8, 4) is 0 Å². The van der Waals surface area contributed by atoms with E-state index >= 15 is 0 Å². The molecule has 0 aliphatic rings. The number of non-ortho nitro benzene ring substituents is 1. The van der Waals surface area contributed by atoms with Crippen LogP contribution in [0.5, 0.6) is 0 Å². The number of nitro benzene ring substituents is 1. The molecule has 1 amide bonds. The third kappa shape index (κ3) is 4.08. The second-order valence-corrected chi connectivity index (χ2v) is 5.40. The largest absolute Gasteiger partial charge is 0.395 e. The van der Waals surface area contributed by atoms with E-state index in [0.29, 0.717) is 17.8 Å². The lowest BCUT2D eigenvalue weighted by Crippen LogP contribution is -2.21. The zero-order valence-corrected chi connectivity index (χ0v) is 13.5. The SMILES string of the molecule is Cc1ccc([N+](=O)[O-])cc1C(=O)Nc1ccc(N(C)CCO)cc1. The molecule has 2 N–H and O–H groups in total. The Labute approximate surface area is 139 Å². The summed E-state index contributed by atoms with van der Waals surface area (Å²) in [5.41, 5.74) is 2.32. The van der Waals surface area contributed by atoms with Gasteiger partial charge in [-0.3, -0.25) is 14.9 Å². The van der Waals surface area contributed by atoms with Gasteiger partial charge in [0.2, 0.25) is 0 Å². The number of likely N-dealkylation sites (N-methyl/N-ethyl adjacent to an activating group) is 1. The number of aliphatic hydroxyl groups excluding tert-OH is 1. The highest BCUT2D eigenvalue weighted by Gasteiger charge is 2.15. The molecule has 126 valence electrons. The van der Waals surface area contributed by atoms with Gasteiger partial charge in [-0.05, 0) is 36.8 Å². The standard InChI is InChI=1S/C17H19N3O4/c1-12-3-6-15(20(23)24)11-16(12)17(22)18-13-4-7-14(8-5-13)19(2)9-10-21/h3-8,11,21H,9-10H2,1-2H3,(H,18,22). The van der Waals surface area contributed by atoms with Crippen LogP contribution in [0.1, 0.15) is 15.9 Å². The number of carbonyl (C=O) groups is 1. The van der Waals surface area contributed by atoms with Gasteiger partial charge in [0.1, 0.15) is 0 Å². The molecule has 0 bridgehead atoms. The summed E-state index contributed by atoms with van der Waals surface area (Å²) in [5, 5.41) is 22.5. The van der Waals surface area contributed by atoms with Gasteiger partial charge in [0.05, 0.1) is 11.5 Å². The number of nitrogens with zero attached hydrogens (tertiary/aromatic N) is 2. The Kier molecular flexibility index (Phi) is 5.49. The number of carbonyl (C=O) groups excluding carboxylic acids is 1. The molecule has 2 rings (SSSR count). The Morgan fingerprint density at radius 3 is 2.50 bits per heavy atom. The molecule has 0 fully saturated rings. The lowest BCUT2D eigenvalue weighted by molar-refractivity contribution is -0.384. The first-order valence-electron chi connectivity index (χ1n) is 7.41. The molecule has 2 aromatic rings. The number of rotatable bonds is 6. The molecule has 0 radical (unpaired) electrons. The van der Waals surface area contributed by atoms with E-state index in [1.54, 1.807) is 25.1 Å².